The predicted molar refractivity (Wildman–Crippen MR) is 200 cm³/mol. The van der Waals surface area contributed by atoms with E-state index in [-0.39, 0.29) is 12.4 Å². The molecule has 0 heterocycles. The fourth-order valence-corrected chi connectivity index (χ4v) is 3.16. The summed E-state index contributed by atoms with van der Waals surface area (Å²) in [5, 5.41) is 41.6. The topological polar surface area (TPSA) is 447 Å². The Hall–Kier alpha value is -2.76. The largest absolute Gasteiger partial charge is 0.480 e. The zero-order chi connectivity index (χ0) is 39.9. The van der Waals surface area contributed by atoms with Crippen molar-refractivity contribution in [1.82, 2.24) is 0 Å². The number of aliphatic carboxylic acids is 5. The van der Waals surface area contributed by atoms with Crippen LogP contribution in [0, 0.1) is 0 Å². The number of halogens is 1. The number of carboxylic acids is 5. The minimum atomic E-state index is -0.933. The van der Waals surface area contributed by atoms with Crippen molar-refractivity contribution in [2.24, 2.45) is 57.3 Å². The Bertz CT molecular complexity index is 688. The molecule has 0 fully saturated rings. The van der Waals surface area contributed by atoms with Gasteiger partial charge in [0.2, 0.25) is 0 Å². The van der Waals surface area contributed by atoms with Gasteiger partial charge in [-0.3, -0.25) is 24.0 Å². The Labute approximate surface area is 308 Å². The van der Waals surface area contributed by atoms with Crippen LogP contribution in [0.3, 0.4) is 0 Å². The quantitative estimate of drug-likeness (QED) is 0.0449. The SMILES string of the molecule is Cl.NCCCCC(N)C(=O)O.NCCCCC(N)C(=O)O.NCCCCC(N)C(=O)O.NCCCCC(N)C(=O)O.NCCCCC(N)C(=O)O. The van der Waals surface area contributed by atoms with Gasteiger partial charge in [-0.2, -0.15) is 0 Å². The van der Waals surface area contributed by atoms with Crippen molar-refractivity contribution in [3.05, 3.63) is 0 Å². The van der Waals surface area contributed by atoms with Crippen molar-refractivity contribution in [1.29, 1.82) is 0 Å². The molecule has 0 rings (SSSR count). The summed E-state index contributed by atoms with van der Waals surface area (Å²) in [7, 11) is 0. The van der Waals surface area contributed by atoms with E-state index in [0.717, 1.165) is 64.2 Å². The van der Waals surface area contributed by atoms with Gasteiger partial charge in [0.25, 0.3) is 0 Å². The van der Waals surface area contributed by atoms with Crippen LogP contribution in [0.4, 0.5) is 0 Å². The molecule has 0 aromatic heterocycles. The number of hydrogen-bond donors (Lipinski definition) is 15. The molecule has 5 unspecified atom stereocenters. The van der Waals surface area contributed by atoms with Crippen molar-refractivity contribution < 1.29 is 49.5 Å². The molecular formula is C30H71ClN10O10. The second-order valence-corrected chi connectivity index (χ2v) is 11.1. The molecule has 0 aliphatic rings. The lowest BCUT2D eigenvalue weighted by Gasteiger charge is -2.03. The van der Waals surface area contributed by atoms with E-state index in [4.69, 9.17) is 82.9 Å². The van der Waals surface area contributed by atoms with Gasteiger partial charge >= 0.3 is 29.8 Å². The second kappa shape index (κ2) is 45.3. The summed E-state index contributed by atoms with van der Waals surface area (Å²) >= 11 is 0. The summed E-state index contributed by atoms with van der Waals surface area (Å²) in [6, 6.07) is -3.58. The molecule has 0 aromatic carbocycles. The van der Waals surface area contributed by atoms with Crippen LogP contribution in [-0.4, -0.2) is 118 Å². The van der Waals surface area contributed by atoms with E-state index < -0.39 is 60.1 Å². The maximum Gasteiger partial charge on any atom is 0.320 e. The predicted octanol–water partition coefficient (Wildman–Crippen LogP) is -1.94. The van der Waals surface area contributed by atoms with Crippen molar-refractivity contribution >= 4 is 42.3 Å². The van der Waals surface area contributed by atoms with Crippen LogP contribution >= 0.6 is 12.4 Å². The average molecular weight is 767 g/mol. The molecule has 0 aliphatic carbocycles. The van der Waals surface area contributed by atoms with Crippen LogP contribution < -0.4 is 57.3 Å². The van der Waals surface area contributed by atoms with Gasteiger partial charge in [0.1, 0.15) is 30.2 Å². The maximum atomic E-state index is 10.1. The molecule has 0 aromatic rings. The van der Waals surface area contributed by atoms with E-state index in [1.54, 1.807) is 0 Å². The molecular weight excluding hydrogens is 696 g/mol. The molecule has 0 spiro atoms. The van der Waals surface area contributed by atoms with Gasteiger partial charge in [0, 0.05) is 0 Å². The van der Waals surface area contributed by atoms with Gasteiger partial charge in [0.05, 0.1) is 0 Å². The van der Waals surface area contributed by atoms with Gasteiger partial charge in [-0.05, 0) is 96.9 Å². The third-order valence-electron chi connectivity index (χ3n) is 6.43. The molecule has 0 saturated heterocycles. The molecule has 0 bridgehead atoms. The first-order chi connectivity index (χ1) is 23.4. The fraction of sp³-hybridized carbons (Fsp3) is 0.833. The summed E-state index contributed by atoms with van der Waals surface area (Å²) < 4.78 is 0. The van der Waals surface area contributed by atoms with E-state index in [1.807, 2.05) is 0 Å². The standard InChI is InChI=1S/5C6H14N2O2.ClH/c5*7-4-2-1-3-5(8)6(9)10;/h5*5H,1-4,7-8H2,(H,9,10);1H. The Morgan fingerprint density at radius 2 is 0.431 bits per heavy atom. The molecule has 20 nitrogen and oxygen atoms in total. The highest BCUT2D eigenvalue weighted by atomic mass is 35.5. The fourth-order valence-electron chi connectivity index (χ4n) is 3.16. The summed E-state index contributed by atoms with van der Waals surface area (Å²) in [4.78, 5) is 50.7. The summed E-state index contributed by atoms with van der Waals surface area (Å²) in [6.45, 7) is 3.02. The molecule has 51 heavy (non-hydrogen) atoms. The van der Waals surface area contributed by atoms with Crippen LogP contribution in [0.25, 0.3) is 0 Å². The molecule has 25 N–H and O–H groups in total. The number of carbonyl (C=O) groups is 5. The van der Waals surface area contributed by atoms with Gasteiger partial charge < -0.3 is 82.9 Å². The summed E-state index contributed by atoms with van der Waals surface area (Å²) in [5.74, 6) is -4.67. The first-order valence-corrected chi connectivity index (χ1v) is 16.8. The molecule has 21 heteroatoms. The molecule has 0 amide bonds. The van der Waals surface area contributed by atoms with Crippen molar-refractivity contribution in [2.45, 2.75) is 127 Å². The van der Waals surface area contributed by atoms with Crippen LogP contribution in [0.2, 0.25) is 0 Å². The Balaban J connectivity index is -0.000000123. The minimum Gasteiger partial charge on any atom is -0.480 e. The number of unbranched alkanes of at least 4 members (excludes halogenated alkanes) is 5. The van der Waals surface area contributed by atoms with Crippen molar-refractivity contribution in [3.8, 4) is 0 Å². The highest BCUT2D eigenvalue weighted by molar-refractivity contribution is 5.85. The number of hydrogen-bond acceptors (Lipinski definition) is 15. The molecule has 0 saturated carbocycles. The Morgan fingerprint density at radius 1 is 0.314 bits per heavy atom. The van der Waals surface area contributed by atoms with Gasteiger partial charge in [-0.25, -0.2) is 0 Å². The van der Waals surface area contributed by atoms with Gasteiger partial charge in [-0.1, -0.05) is 32.1 Å². The van der Waals surface area contributed by atoms with E-state index in [1.165, 1.54) is 0 Å². The number of carboxylic acid groups (broad SMARTS) is 5. The zero-order valence-corrected chi connectivity index (χ0v) is 30.8. The lowest BCUT2D eigenvalue weighted by Crippen LogP contribution is -2.29. The van der Waals surface area contributed by atoms with E-state index >= 15 is 0 Å². The first-order valence-electron chi connectivity index (χ1n) is 16.8. The van der Waals surface area contributed by atoms with Crippen LogP contribution in [0.5, 0.6) is 0 Å². The van der Waals surface area contributed by atoms with E-state index in [9.17, 15) is 24.0 Å². The maximum absolute atomic E-state index is 10.1. The highest BCUT2D eigenvalue weighted by Crippen LogP contribution is 1.99. The van der Waals surface area contributed by atoms with E-state index in [2.05, 4.69) is 0 Å². The second-order valence-electron chi connectivity index (χ2n) is 11.1. The normalized spacial score (nSPS) is 12.7. The Morgan fingerprint density at radius 3 is 0.510 bits per heavy atom. The molecule has 5 atom stereocenters. The number of nitrogens with two attached hydrogens (primary N) is 10. The first kappa shape index (κ1) is 60.3. The zero-order valence-electron chi connectivity index (χ0n) is 30.0. The van der Waals surface area contributed by atoms with Crippen LogP contribution in [0.15, 0.2) is 0 Å². The third-order valence-corrected chi connectivity index (χ3v) is 6.43. The Kier molecular flexibility index (Phi) is 53.5. The molecule has 0 radical (unpaired) electrons. The highest BCUT2D eigenvalue weighted by Gasteiger charge is 2.12. The van der Waals surface area contributed by atoms with Gasteiger partial charge in [-0.15, -0.1) is 12.4 Å². The average Bonchev–Trinajstić information content (AvgIpc) is 3.06. The monoisotopic (exact) mass is 767 g/mol. The number of rotatable bonds is 25. The summed E-state index contributed by atoms with van der Waals surface area (Å²) in [5.41, 5.74) is 52.1. The van der Waals surface area contributed by atoms with Crippen molar-refractivity contribution in [3.63, 3.8) is 0 Å². The van der Waals surface area contributed by atoms with E-state index in [0.29, 0.717) is 64.8 Å². The lowest BCUT2D eigenvalue weighted by atomic mass is 10.1. The summed E-state index contributed by atoms with van der Waals surface area (Å²) in [6.07, 6.45) is 10.8. The van der Waals surface area contributed by atoms with Crippen molar-refractivity contribution in [2.75, 3.05) is 32.7 Å². The minimum absolute atomic E-state index is 0. The molecule has 0 aliphatic heterocycles. The van der Waals surface area contributed by atoms with Crippen LogP contribution in [-0.2, 0) is 24.0 Å². The molecule has 308 valence electrons. The third kappa shape index (κ3) is 54.2. The van der Waals surface area contributed by atoms with Gasteiger partial charge in [0.15, 0.2) is 0 Å². The lowest BCUT2D eigenvalue weighted by molar-refractivity contribution is -0.139. The van der Waals surface area contributed by atoms with Crippen LogP contribution in [0.1, 0.15) is 96.3 Å². The smallest absolute Gasteiger partial charge is 0.320 e.